The molecule has 1 aromatic carbocycles. The number of anilines is 1. The van der Waals surface area contributed by atoms with Crippen molar-refractivity contribution in [1.82, 2.24) is 34.7 Å². The summed E-state index contributed by atoms with van der Waals surface area (Å²) < 4.78 is 15.0. The number of imidazole rings is 1. The monoisotopic (exact) mass is 605 g/mol. The van der Waals surface area contributed by atoms with Crippen LogP contribution in [-0.2, 0) is 6.54 Å². The summed E-state index contributed by atoms with van der Waals surface area (Å²) >= 11 is 0. The number of pyridine rings is 3. The third-order valence-corrected chi connectivity index (χ3v) is 8.14. The van der Waals surface area contributed by atoms with Gasteiger partial charge in [-0.25, -0.2) is 9.37 Å². The maximum Gasteiger partial charge on any atom is 0.157 e. The second-order valence-electron chi connectivity index (χ2n) is 12.1. The van der Waals surface area contributed by atoms with Crippen LogP contribution in [0, 0.1) is 12.7 Å². The van der Waals surface area contributed by atoms with E-state index in [1.165, 1.54) is 0 Å². The zero-order valence-electron chi connectivity index (χ0n) is 26.7. The standard InChI is InChI=1S/C35H40FN9/c1-6-7-39-34(30-15-27(19-40-23(30)2)26-12-24(17-37-18-26)22-43(3)4)35-41-32-21-38-20-31(33(32)42-35)25-13-28(36)16-29(14-25)45-10-8-44(5)9-11-45/h12-21H,6-11,22H2,1-5H3,(H,41,42)/b39-34+. The Kier molecular flexibility index (Phi) is 8.95. The highest BCUT2D eigenvalue weighted by molar-refractivity contribution is 6.13. The zero-order valence-corrected chi connectivity index (χ0v) is 26.7. The van der Waals surface area contributed by atoms with E-state index >= 15 is 4.39 Å². The summed E-state index contributed by atoms with van der Waals surface area (Å²) in [5.74, 6) is 0.354. The molecule has 5 aromatic rings. The van der Waals surface area contributed by atoms with Crippen molar-refractivity contribution < 1.29 is 4.39 Å². The summed E-state index contributed by atoms with van der Waals surface area (Å²) in [4.78, 5) is 33.9. The average Bonchev–Trinajstić information content (AvgIpc) is 3.46. The van der Waals surface area contributed by atoms with Crippen molar-refractivity contribution in [3.05, 3.63) is 89.8 Å². The minimum atomic E-state index is -0.276. The number of halogens is 1. The Balaban J connectivity index is 1.41. The minimum Gasteiger partial charge on any atom is -0.369 e. The highest BCUT2D eigenvalue weighted by atomic mass is 19.1. The number of rotatable bonds is 9. The molecule has 4 aromatic heterocycles. The lowest BCUT2D eigenvalue weighted by Gasteiger charge is -2.34. The number of piperazine rings is 1. The second-order valence-corrected chi connectivity index (χ2v) is 12.1. The molecule has 1 N–H and O–H groups in total. The van der Waals surface area contributed by atoms with Gasteiger partial charge in [0.1, 0.15) is 11.5 Å². The van der Waals surface area contributed by atoms with E-state index in [9.17, 15) is 0 Å². The number of hydrogen-bond donors (Lipinski definition) is 1. The van der Waals surface area contributed by atoms with E-state index in [0.29, 0.717) is 12.4 Å². The van der Waals surface area contributed by atoms with E-state index < -0.39 is 0 Å². The van der Waals surface area contributed by atoms with Gasteiger partial charge < -0.3 is 19.7 Å². The van der Waals surface area contributed by atoms with Gasteiger partial charge in [0.15, 0.2) is 5.82 Å². The molecule has 0 amide bonds. The first-order valence-electron chi connectivity index (χ1n) is 15.5. The maximum atomic E-state index is 15.0. The number of aliphatic imine (C=N–C) groups is 1. The Labute approximate surface area is 263 Å². The Morgan fingerprint density at radius 3 is 2.49 bits per heavy atom. The van der Waals surface area contributed by atoms with Gasteiger partial charge in [0.25, 0.3) is 0 Å². The highest BCUT2D eigenvalue weighted by Crippen LogP contribution is 2.32. The molecule has 1 fully saturated rings. The number of aromatic nitrogens is 5. The van der Waals surface area contributed by atoms with Gasteiger partial charge in [-0.05, 0) is 75.9 Å². The molecule has 0 atom stereocenters. The molecule has 5 heterocycles. The number of hydrogen-bond acceptors (Lipinski definition) is 8. The molecule has 45 heavy (non-hydrogen) atoms. The fourth-order valence-electron chi connectivity index (χ4n) is 5.77. The van der Waals surface area contributed by atoms with Crippen LogP contribution >= 0.6 is 0 Å². The van der Waals surface area contributed by atoms with Gasteiger partial charge in [-0.15, -0.1) is 0 Å². The van der Waals surface area contributed by atoms with Crippen molar-refractivity contribution in [2.24, 2.45) is 4.99 Å². The molecule has 0 aliphatic carbocycles. The van der Waals surface area contributed by atoms with Crippen LogP contribution in [0.25, 0.3) is 33.3 Å². The topological polar surface area (TPSA) is 89.4 Å². The maximum absolute atomic E-state index is 15.0. The van der Waals surface area contributed by atoms with Gasteiger partial charge in [-0.3, -0.25) is 19.9 Å². The van der Waals surface area contributed by atoms with E-state index in [2.05, 4.69) is 55.8 Å². The molecule has 1 aliphatic heterocycles. The minimum absolute atomic E-state index is 0.276. The first-order valence-corrected chi connectivity index (χ1v) is 15.5. The number of fused-ring (bicyclic) bond motifs is 1. The zero-order chi connectivity index (χ0) is 31.5. The molecule has 6 rings (SSSR count). The molecular formula is C35H40FN9. The van der Waals surface area contributed by atoms with Crippen molar-refractivity contribution >= 4 is 22.4 Å². The molecular weight excluding hydrogens is 565 g/mol. The predicted molar refractivity (Wildman–Crippen MR) is 179 cm³/mol. The van der Waals surface area contributed by atoms with Crippen LogP contribution in [0.15, 0.2) is 66.3 Å². The van der Waals surface area contributed by atoms with Crippen LogP contribution < -0.4 is 4.90 Å². The molecule has 9 nitrogen and oxygen atoms in total. The quantitative estimate of drug-likeness (QED) is 0.219. The fourth-order valence-corrected chi connectivity index (χ4v) is 5.77. The Bertz CT molecular complexity index is 1840. The van der Waals surface area contributed by atoms with Crippen molar-refractivity contribution in [2.75, 3.05) is 58.8 Å². The van der Waals surface area contributed by atoms with E-state index in [-0.39, 0.29) is 5.82 Å². The summed E-state index contributed by atoms with van der Waals surface area (Å²) in [7, 11) is 6.20. The second kappa shape index (κ2) is 13.2. The van der Waals surface area contributed by atoms with Crippen LogP contribution in [0.1, 0.15) is 36.0 Å². The van der Waals surface area contributed by atoms with Crippen molar-refractivity contribution in [2.45, 2.75) is 26.8 Å². The van der Waals surface area contributed by atoms with Gasteiger partial charge in [0, 0.05) is 97.7 Å². The molecule has 1 aliphatic rings. The Morgan fingerprint density at radius 2 is 1.71 bits per heavy atom. The number of H-pyrrole nitrogens is 1. The van der Waals surface area contributed by atoms with Gasteiger partial charge in [0.05, 0.1) is 17.2 Å². The van der Waals surface area contributed by atoms with Crippen LogP contribution in [0.5, 0.6) is 0 Å². The molecule has 10 heteroatoms. The number of benzene rings is 1. The largest absolute Gasteiger partial charge is 0.369 e. The van der Waals surface area contributed by atoms with E-state index in [0.717, 1.165) is 101 Å². The van der Waals surface area contributed by atoms with Gasteiger partial charge in [-0.1, -0.05) is 6.92 Å². The third kappa shape index (κ3) is 6.77. The molecule has 232 valence electrons. The number of aromatic amines is 1. The summed E-state index contributed by atoms with van der Waals surface area (Å²) in [5.41, 5.74) is 9.45. The lowest BCUT2D eigenvalue weighted by atomic mass is 10.0. The highest BCUT2D eigenvalue weighted by Gasteiger charge is 2.20. The van der Waals surface area contributed by atoms with Gasteiger partial charge in [-0.2, -0.15) is 0 Å². The lowest BCUT2D eigenvalue weighted by molar-refractivity contribution is 0.313. The SMILES string of the molecule is CCC/N=C(/c1nc2c(-c3cc(F)cc(N4CCN(C)CC4)c3)cncc2[nH]1)c1cc(-c2cncc(CN(C)C)c2)cnc1C. The predicted octanol–water partition coefficient (Wildman–Crippen LogP) is 5.59. The van der Waals surface area contributed by atoms with Crippen molar-refractivity contribution in [3.63, 3.8) is 0 Å². The van der Waals surface area contributed by atoms with Crippen LogP contribution in [0.4, 0.5) is 10.1 Å². The Morgan fingerprint density at radius 1 is 0.933 bits per heavy atom. The molecule has 0 spiro atoms. The lowest BCUT2D eigenvalue weighted by Crippen LogP contribution is -2.44. The van der Waals surface area contributed by atoms with Crippen LogP contribution in [-0.4, -0.2) is 94.3 Å². The van der Waals surface area contributed by atoms with E-state index in [1.807, 2.05) is 45.7 Å². The smallest absolute Gasteiger partial charge is 0.157 e. The normalized spacial score (nSPS) is 14.6. The van der Waals surface area contributed by atoms with Crippen LogP contribution in [0.2, 0.25) is 0 Å². The number of aryl methyl sites for hydroxylation is 1. The molecule has 0 unspecified atom stereocenters. The van der Waals surface area contributed by atoms with Crippen LogP contribution in [0.3, 0.4) is 0 Å². The summed E-state index contributed by atoms with van der Waals surface area (Å²) in [6.45, 7) is 9.13. The van der Waals surface area contributed by atoms with E-state index in [4.69, 9.17) is 15.0 Å². The van der Waals surface area contributed by atoms with Crippen molar-refractivity contribution in [3.8, 4) is 22.3 Å². The first kappa shape index (κ1) is 30.5. The summed E-state index contributed by atoms with van der Waals surface area (Å²) in [5, 5.41) is 0. The molecule has 0 saturated carbocycles. The number of nitrogens with zero attached hydrogens (tertiary/aromatic N) is 8. The third-order valence-electron chi connectivity index (χ3n) is 8.14. The Hall–Kier alpha value is -4.54. The summed E-state index contributed by atoms with van der Waals surface area (Å²) in [6, 6.07) is 9.49. The molecule has 0 radical (unpaired) electrons. The number of likely N-dealkylation sites (N-methyl/N-ethyl adjacent to an activating group) is 1. The van der Waals surface area contributed by atoms with E-state index in [1.54, 1.807) is 24.5 Å². The van der Waals surface area contributed by atoms with Gasteiger partial charge in [0.2, 0.25) is 0 Å². The molecule has 1 saturated heterocycles. The van der Waals surface area contributed by atoms with Crippen molar-refractivity contribution in [1.29, 1.82) is 0 Å². The average molecular weight is 606 g/mol. The molecule has 0 bridgehead atoms. The summed E-state index contributed by atoms with van der Waals surface area (Å²) in [6.07, 6.45) is 10.1. The fraction of sp³-hybridized carbons (Fsp3) is 0.343. The van der Waals surface area contributed by atoms with Gasteiger partial charge >= 0.3 is 0 Å². The first-order chi connectivity index (χ1) is 21.8. The number of nitrogens with one attached hydrogen (secondary N) is 1.